The molecule has 2 aromatic heterocycles. The summed E-state index contributed by atoms with van der Waals surface area (Å²) < 4.78 is 10.1. The maximum Gasteiger partial charge on any atom is 0.338 e. The molecule has 10 heteroatoms. The maximum atomic E-state index is 12.1. The Hall–Kier alpha value is -2.72. The number of benzene rings is 1. The number of thiophene rings is 1. The van der Waals surface area contributed by atoms with Gasteiger partial charge in [-0.2, -0.15) is 4.98 Å². The summed E-state index contributed by atoms with van der Waals surface area (Å²) in [5, 5.41) is 16.8. The summed E-state index contributed by atoms with van der Waals surface area (Å²) >= 11 is 2.69. The summed E-state index contributed by atoms with van der Waals surface area (Å²) in [4.78, 5) is 28.1. The number of rotatable bonds is 6. The quantitative estimate of drug-likeness (QED) is 0.276. The van der Waals surface area contributed by atoms with Crippen molar-refractivity contribution in [3.63, 3.8) is 0 Å². The number of aromatic nitrogens is 2. The summed E-state index contributed by atoms with van der Waals surface area (Å²) in [6.07, 6.45) is 1.72. The molecule has 0 aliphatic heterocycles. The smallest absolute Gasteiger partial charge is 0.338 e. The minimum atomic E-state index is -0.702. The van der Waals surface area contributed by atoms with Crippen molar-refractivity contribution >= 4 is 34.8 Å². The molecule has 8 nitrogen and oxygen atoms in total. The minimum Gasteiger partial charge on any atom is -0.452 e. The number of carbonyl (C=O) groups is 1. The van der Waals surface area contributed by atoms with Crippen LogP contribution in [0.3, 0.4) is 0 Å². The molecule has 0 amide bonds. The predicted molar refractivity (Wildman–Crippen MR) is 91.6 cm³/mol. The van der Waals surface area contributed by atoms with Gasteiger partial charge in [0.25, 0.3) is 11.6 Å². The molecule has 0 radical (unpaired) electrons. The van der Waals surface area contributed by atoms with Crippen LogP contribution in [0, 0.1) is 10.1 Å². The second-order valence-corrected chi connectivity index (χ2v) is 6.50. The highest BCUT2D eigenvalue weighted by Crippen LogP contribution is 2.28. The third kappa shape index (κ3) is 3.86. The highest BCUT2D eigenvalue weighted by atomic mass is 32.2. The van der Waals surface area contributed by atoms with Gasteiger partial charge in [-0.25, -0.2) is 4.79 Å². The molecule has 0 unspecified atom stereocenters. The molecule has 0 N–H and O–H groups in total. The maximum absolute atomic E-state index is 12.1. The van der Waals surface area contributed by atoms with Crippen LogP contribution in [0.5, 0.6) is 0 Å². The molecule has 0 atom stereocenters. The van der Waals surface area contributed by atoms with E-state index in [-0.39, 0.29) is 23.7 Å². The van der Waals surface area contributed by atoms with Crippen molar-refractivity contribution in [1.82, 2.24) is 10.1 Å². The first kappa shape index (κ1) is 17.1. The number of hydrogen-bond donors (Lipinski definition) is 0. The summed E-state index contributed by atoms with van der Waals surface area (Å²) in [5.74, 6) is -0.139. The van der Waals surface area contributed by atoms with Crippen LogP contribution in [0.15, 0.2) is 45.1 Å². The lowest BCUT2D eigenvalue weighted by atomic mass is 10.2. The average Bonchev–Trinajstić information content (AvgIpc) is 3.30. The Morgan fingerprint density at radius 2 is 2.28 bits per heavy atom. The van der Waals surface area contributed by atoms with Crippen LogP contribution >= 0.6 is 23.1 Å². The summed E-state index contributed by atoms with van der Waals surface area (Å²) in [7, 11) is 0. The van der Waals surface area contributed by atoms with Gasteiger partial charge in [-0.1, -0.05) is 11.2 Å². The van der Waals surface area contributed by atoms with Gasteiger partial charge in [-0.05, 0) is 29.8 Å². The number of esters is 1. The third-order valence-electron chi connectivity index (χ3n) is 3.15. The molecule has 0 saturated heterocycles. The number of nitro groups is 1. The molecule has 0 saturated carbocycles. The van der Waals surface area contributed by atoms with Crippen LogP contribution in [0.2, 0.25) is 0 Å². The van der Waals surface area contributed by atoms with Gasteiger partial charge in [0.2, 0.25) is 5.82 Å². The Morgan fingerprint density at radius 3 is 2.96 bits per heavy atom. The van der Waals surface area contributed by atoms with E-state index >= 15 is 0 Å². The zero-order valence-electron chi connectivity index (χ0n) is 12.9. The predicted octanol–water partition coefficient (Wildman–Crippen LogP) is 3.79. The molecular formula is C15H11N3O5S2. The van der Waals surface area contributed by atoms with E-state index in [1.54, 1.807) is 6.26 Å². The number of hydrogen-bond acceptors (Lipinski definition) is 9. The Morgan fingerprint density at radius 1 is 1.44 bits per heavy atom. The first-order valence-electron chi connectivity index (χ1n) is 6.94. The lowest BCUT2D eigenvalue weighted by Gasteiger charge is -2.04. The zero-order valence-corrected chi connectivity index (χ0v) is 14.5. The molecule has 128 valence electrons. The largest absolute Gasteiger partial charge is 0.452 e. The Kier molecular flexibility index (Phi) is 5.10. The second-order valence-electron chi connectivity index (χ2n) is 4.71. The standard InChI is InChI=1S/C15H11N3O5S2/c1-24-11-5-4-9(7-10(11)18(20)21)15(19)22-8-13-16-14(17-23-13)12-3-2-6-25-12/h2-7H,8H2,1H3. The molecule has 3 aromatic rings. The monoisotopic (exact) mass is 377 g/mol. The number of nitrogens with zero attached hydrogens (tertiary/aromatic N) is 3. The fourth-order valence-electron chi connectivity index (χ4n) is 1.99. The zero-order chi connectivity index (χ0) is 17.8. The first-order chi connectivity index (χ1) is 12.1. The van der Waals surface area contributed by atoms with Gasteiger partial charge in [0.1, 0.15) is 0 Å². The molecule has 0 spiro atoms. The van der Waals surface area contributed by atoms with Crippen LogP contribution in [0.4, 0.5) is 5.69 Å². The van der Waals surface area contributed by atoms with Crippen molar-refractivity contribution < 1.29 is 19.0 Å². The molecule has 3 rings (SSSR count). The van der Waals surface area contributed by atoms with Gasteiger partial charge < -0.3 is 9.26 Å². The number of nitro benzene ring substituents is 1. The molecule has 0 aliphatic carbocycles. The van der Waals surface area contributed by atoms with E-state index in [0.717, 1.165) is 4.88 Å². The Bertz CT molecular complexity index is 908. The van der Waals surface area contributed by atoms with Gasteiger partial charge in [0.15, 0.2) is 6.61 Å². The lowest BCUT2D eigenvalue weighted by molar-refractivity contribution is -0.387. The number of thioether (sulfide) groups is 1. The van der Waals surface area contributed by atoms with Crippen molar-refractivity contribution in [2.45, 2.75) is 11.5 Å². The summed E-state index contributed by atoms with van der Waals surface area (Å²) in [5.41, 5.74) is -0.0535. The summed E-state index contributed by atoms with van der Waals surface area (Å²) in [6, 6.07) is 7.89. The van der Waals surface area contributed by atoms with Crippen LogP contribution in [-0.2, 0) is 11.3 Å². The van der Waals surface area contributed by atoms with E-state index in [4.69, 9.17) is 9.26 Å². The summed E-state index contributed by atoms with van der Waals surface area (Å²) in [6.45, 7) is -0.213. The van der Waals surface area contributed by atoms with Crippen LogP contribution in [0.1, 0.15) is 16.2 Å². The fraction of sp³-hybridized carbons (Fsp3) is 0.133. The lowest BCUT2D eigenvalue weighted by Crippen LogP contribution is -2.06. The topological polar surface area (TPSA) is 108 Å². The Labute approximate surface area is 150 Å². The van der Waals surface area contributed by atoms with E-state index in [2.05, 4.69) is 10.1 Å². The van der Waals surface area contributed by atoms with Gasteiger partial charge in [0.05, 0.1) is 20.3 Å². The normalized spacial score (nSPS) is 10.6. The molecule has 0 bridgehead atoms. The van der Waals surface area contributed by atoms with E-state index in [9.17, 15) is 14.9 Å². The van der Waals surface area contributed by atoms with Gasteiger partial charge in [-0.15, -0.1) is 23.1 Å². The molecule has 2 heterocycles. The van der Waals surface area contributed by atoms with Crippen molar-refractivity contribution in [2.24, 2.45) is 0 Å². The molecule has 0 fully saturated rings. The van der Waals surface area contributed by atoms with Crippen molar-refractivity contribution in [1.29, 1.82) is 0 Å². The van der Waals surface area contributed by atoms with Crippen molar-refractivity contribution in [2.75, 3.05) is 6.26 Å². The second kappa shape index (κ2) is 7.45. The van der Waals surface area contributed by atoms with Crippen molar-refractivity contribution in [3.8, 4) is 10.7 Å². The Balaban J connectivity index is 1.69. The van der Waals surface area contributed by atoms with E-state index < -0.39 is 10.9 Å². The van der Waals surface area contributed by atoms with E-state index in [1.807, 2.05) is 17.5 Å². The molecular weight excluding hydrogens is 366 g/mol. The highest BCUT2D eigenvalue weighted by Gasteiger charge is 2.19. The van der Waals surface area contributed by atoms with Gasteiger partial charge >= 0.3 is 5.97 Å². The number of ether oxygens (including phenoxy) is 1. The first-order valence-corrected chi connectivity index (χ1v) is 9.05. The van der Waals surface area contributed by atoms with E-state index in [0.29, 0.717) is 10.7 Å². The van der Waals surface area contributed by atoms with Crippen LogP contribution < -0.4 is 0 Å². The average molecular weight is 377 g/mol. The van der Waals surface area contributed by atoms with Gasteiger partial charge in [0, 0.05) is 6.07 Å². The molecule has 25 heavy (non-hydrogen) atoms. The van der Waals surface area contributed by atoms with Crippen molar-refractivity contribution in [3.05, 3.63) is 57.3 Å². The van der Waals surface area contributed by atoms with Crippen LogP contribution in [0.25, 0.3) is 10.7 Å². The van der Waals surface area contributed by atoms with E-state index in [1.165, 1.54) is 41.3 Å². The van der Waals surface area contributed by atoms with Crippen LogP contribution in [-0.4, -0.2) is 27.3 Å². The van der Waals surface area contributed by atoms with Gasteiger partial charge in [-0.3, -0.25) is 10.1 Å². The SMILES string of the molecule is CSc1ccc(C(=O)OCc2nc(-c3cccs3)no2)cc1[N+](=O)[O-]. The minimum absolute atomic E-state index is 0.0856. The number of carbonyl (C=O) groups excluding carboxylic acids is 1. The fourth-order valence-corrected chi connectivity index (χ4v) is 3.19. The third-order valence-corrected chi connectivity index (χ3v) is 4.80. The highest BCUT2D eigenvalue weighted by molar-refractivity contribution is 7.98. The molecule has 1 aromatic carbocycles. The molecule has 0 aliphatic rings.